The molecule has 2 fully saturated rings. The molecule has 1 saturated carbocycles. The zero-order valence-corrected chi connectivity index (χ0v) is 11.7. The second-order valence-electron chi connectivity index (χ2n) is 5.66. The van der Waals surface area contributed by atoms with E-state index in [1.165, 1.54) is 0 Å². The van der Waals surface area contributed by atoms with Crippen LogP contribution in [-0.2, 0) is 9.59 Å². The smallest absolute Gasteiger partial charge is 0.242 e. The maximum absolute atomic E-state index is 12.7. The van der Waals surface area contributed by atoms with Crippen LogP contribution in [0.15, 0.2) is 0 Å². The fourth-order valence-corrected chi connectivity index (χ4v) is 3.24. The fraction of sp³-hybridized carbons (Fsp3) is 0.857. The first-order chi connectivity index (χ1) is 9.15. The lowest BCUT2D eigenvalue weighted by molar-refractivity contribution is -0.147. The van der Waals surface area contributed by atoms with E-state index in [0.717, 1.165) is 32.1 Å². The molecule has 0 spiro atoms. The molecule has 3 N–H and O–H groups in total. The summed E-state index contributed by atoms with van der Waals surface area (Å²) < 4.78 is 0. The van der Waals surface area contributed by atoms with Crippen molar-refractivity contribution >= 4 is 11.8 Å². The first-order valence-electron chi connectivity index (χ1n) is 7.49. The number of hydrogen-bond acceptors (Lipinski definition) is 3. The van der Waals surface area contributed by atoms with Crippen LogP contribution in [0.2, 0.25) is 0 Å². The van der Waals surface area contributed by atoms with E-state index in [9.17, 15) is 9.59 Å². The summed E-state index contributed by atoms with van der Waals surface area (Å²) >= 11 is 0. The predicted molar refractivity (Wildman–Crippen MR) is 73.4 cm³/mol. The number of hydrogen-bond donors (Lipinski definition) is 2. The Bertz CT molecular complexity index is 346. The van der Waals surface area contributed by atoms with Crippen molar-refractivity contribution in [3.05, 3.63) is 0 Å². The Balaban J connectivity index is 2.09. The van der Waals surface area contributed by atoms with Crippen LogP contribution in [-0.4, -0.2) is 41.9 Å². The summed E-state index contributed by atoms with van der Waals surface area (Å²) in [6, 6.07) is -0.353. The van der Waals surface area contributed by atoms with Crippen LogP contribution in [0.1, 0.15) is 45.4 Å². The molecule has 19 heavy (non-hydrogen) atoms. The molecule has 1 aliphatic carbocycles. The molecule has 3 unspecified atom stereocenters. The third kappa shape index (κ3) is 3.08. The highest BCUT2D eigenvalue weighted by atomic mass is 16.2. The van der Waals surface area contributed by atoms with Gasteiger partial charge in [-0.3, -0.25) is 9.59 Å². The Labute approximate surface area is 114 Å². The van der Waals surface area contributed by atoms with Crippen LogP contribution in [0.25, 0.3) is 0 Å². The van der Waals surface area contributed by atoms with Crippen molar-refractivity contribution in [2.75, 3.05) is 13.1 Å². The molecule has 0 radical (unpaired) electrons. The summed E-state index contributed by atoms with van der Waals surface area (Å²) in [4.78, 5) is 26.3. The zero-order valence-electron chi connectivity index (χ0n) is 11.7. The second-order valence-corrected chi connectivity index (χ2v) is 5.66. The van der Waals surface area contributed by atoms with Gasteiger partial charge in [-0.05, 0) is 19.3 Å². The highest BCUT2D eigenvalue weighted by Crippen LogP contribution is 2.25. The molecule has 0 aromatic heterocycles. The second kappa shape index (κ2) is 6.37. The van der Waals surface area contributed by atoms with E-state index in [1.54, 1.807) is 4.90 Å². The normalized spacial score (nSPS) is 32.6. The lowest BCUT2D eigenvalue weighted by atomic mass is 9.92. The molecule has 3 atom stereocenters. The van der Waals surface area contributed by atoms with Gasteiger partial charge in [-0.15, -0.1) is 0 Å². The van der Waals surface area contributed by atoms with E-state index in [2.05, 4.69) is 5.32 Å². The molecule has 0 bridgehead atoms. The zero-order chi connectivity index (χ0) is 13.8. The van der Waals surface area contributed by atoms with Crippen LogP contribution in [0.5, 0.6) is 0 Å². The van der Waals surface area contributed by atoms with Crippen LogP contribution >= 0.6 is 0 Å². The summed E-state index contributed by atoms with van der Waals surface area (Å²) in [6.07, 6.45) is 5.81. The van der Waals surface area contributed by atoms with E-state index in [-0.39, 0.29) is 29.8 Å². The molecule has 5 nitrogen and oxygen atoms in total. The van der Waals surface area contributed by atoms with E-state index >= 15 is 0 Å². The quantitative estimate of drug-likeness (QED) is 0.721. The molecule has 1 aliphatic heterocycles. The Morgan fingerprint density at radius 2 is 2.11 bits per heavy atom. The largest absolute Gasteiger partial charge is 0.353 e. The van der Waals surface area contributed by atoms with E-state index in [4.69, 9.17) is 5.73 Å². The standard InChI is InChI=1S/C14H25N3O2/c1-2-12-13(18)16-8-9-17(12)14(19)10-6-4-3-5-7-11(10)15/h10-12H,2-9,15H2,1H3,(H,16,18). The maximum atomic E-state index is 12.7. The Morgan fingerprint density at radius 3 is 2.84 bits per heavy atom. The molecule has 0 aromatic carbocycles. The molecular weight excluding hydrogens is 242 g/mol. The molecule has 1 heterocycles. The average Bonchev–Trinajstić information content (AvgIpc) is 2.62. The van der Waals surface area contributed by atoms with Gasteiger partial charge in [0.25, 0.3) is 0 Å². The molecule has 1 saturated heterocycles. The molecule has 2 rings (SSSR count). The Kier molecular flexibility index (Phi) is 4.80. The van der Waals surface area contributed by atoms with Crippen LogP contribution in [0, 0.1) is 5.92 Å². The van der Waals surface area contributed by atoms with E-state index in [0.29, 0.717) is 19.5 Å². The Hall–Kier alpha value is -1.10. The van der Waals surface area contributed by atoms with Gasteiger partial charge in [0, 0.05) is 19.1 Å². The number of piperazine rings is 1. The molecule has 0 aromatic rings. The van der Waals surface area contributed by atoms with E-state index < -0.39 is 0 Å². The number of carbonyl (C=O) groups is 2. The van der Waals surface area contributed by atoms with Gasteiger partial charge < -0.3 is 16.0 Å². The van der Waals surface area contributed by atoms with Crippen molar-refractivity contribution in [2.24, 2.45) is 11.7 Å². The number of nitrogens with two attached hydrogens (primary N) is 1. The summed E-state index contributed by atoms with van der Waals surface area (Å²) in [5, 5.41) is 2.83. The molecular formula is C14H25N3O2. The number of nitrogens with zero attached hydrogens (tertiary/aromatic N) is 1. The minimum absolute atomic E-state index is 0.0238. The first kappa shape index (κ1) is 14.3. The molecule has 2 aliphatic rings. The van der Waals surface area contributed by atoms with Gasteiger partial charge in [-0.1, -0.05) is 26.2 Å². The molecule has 5 heteroatoms. The van der Waals surface area contributed by atoms with Crippen molar-refractivity contribution < 1.29 is 9.59 Å². The first-order valence-corrected chi connectivity index (χ1v) is 7.49. The minimum atomic E-state index is -0.309. The fourth-order valence-electron chi connectivity index (χ4n) is 3.24. The third-order valence-electron chi connectivity index (χ3n) is 4.39. The summed E-state index contributed by atoms with van der Waals surface area (Å²) in [6.45, 7) is 3.12. The number of amides is 2. The maximum Gasteiger partial charge on any atom is 0.242 e. The van der Waals surface area contributed by atoms with Gasteiger partial charge in [-0.25, -0.2) is 0 Å². The third-order valence-corrected chi connectivity index (χ3v) is 4.39. The predicted octanol–water partition coefficient (Wildman–Crippen LogP) is 0.631. The number of nitrogens with one attached hydrogen (secondary N) is 1. The van der Waals surface area contributed by atoms with Crippen molar-refractivity contribution in [1.82, 2.24) is 10.2 Å². The summed E-state index contributed by atoms with van der Waals surface area (Å²) in [7, 11) is 0. The van der Waals surface area contributed by atoms with Gasteiger partial charge in [0.05, 0.1) is 5.92 Å². The summed E-state index contributed by atoms with van der Waals surface area (Å²) in [5.41, 5.74) is 6.16. The number of carbonyl (C=O) groups excluding carboxylic acids is 2. The van der Waals surface area contributed by atoms with Crippen LogP contribution < -0.4 is 11.1 Å². The lowest BCUT2D eigenvalue weighted by Gasteiger charge is -2.37. The SMILES string of the molecule is CCC1C(=O)NCCN1C(=O)C1CCCCCC1N. The minimum Gasteiger partial charge on any atom is -0.353 e. The van der Waals surface area contributed by atoms with Gasteiger partial charge in [0.15, 0.2) is 0 Å². The Morgan fingerprint density at radius 1 is 1.37 bits per heavy atom. The number of rotatable bonds is 2. The average molecular weight is 267 g/mol. The van der Waals surface area contributed by atoms with Gasteiger partial charge in [0.1, 0.15) is 6.04 Å². The van der Waals surface area contributed by atoms with Gasteiger partial charge in [-0.2, -0.15) is 0 Å². The summed E-state index contributed by atoms with van der Waals surface area (Å²) in [5.74, 6) is -0.0251. The van der Waals surface area contributed by atoms with Crippen molar-refractivity contribution in [2.45, 2.75) is 57.5 Å². The van der Waals surface area contributed by atoms with Crippen LogP contribution in [0.3, 0.4) is 0 Å². The van der Waals surface area contributed by atoms with Crippen molar-refractivity contribution in [3.63, 3.8) is 0 Å². The van der Waals surface area contributed by atoms with Crippen molar-refractivity contribution in [3.8, 4) is 0 Å². The van der Waals surface area contributed by atoms with Gasteiger partial charge >= 0.3 is 0 Å². The van der Waals surface area contributed by atoms with E-state index in [1.807, 2.05) is 6.92 Å². The monoisotopic (exact) mass is 267 g/mol. The highest BCUT2D eigenvalue weighted by molar-refractivity contribution is 5.89. The van der Waals surface area contributed by atoms with Gasteiger partial charge in [0.2, 0.25) is 11.8 Å². The van der Waals surface area contributed by atoms with Crippen molar-refractivity contribution in [1.29, 1.82) is 0 Å². The highest BCUT2D eigenvalue weighted by Gasteiger charge is 2.37. The van der Waals surface area contributed by atoms with Crippen LogP contribution in [0.4, 0.5) is 0 Å². The lowest BCUT2D eigenvalue weighted by Crippen LogP contribution is -2.59. The topological polar surface area (TPSA) is 75.4 Å². The molecule has 108 valence electrons. The molecule has 2 amide bonds.